The van der Waals surface area contributed by atoms with Crippen molar-refractivity contribution in [1.29, 1.82) is 0 Å². The number of nitrogens with two attached hydrogens (primary N) is 1. The zero-order valence-corrected chi connectivity index (χ0v) is 8.81. The number of hydrogen-bond acceptors (Lipinski definition) is 4. The van der Waals surface area contributed by atoms with E-state index in [1.54, 1.807) is 26.0 Å². The van der Waals surface area contributed by atoms with Gasteiger partial charge in [-0.05, 0) is 31.5 Å². The van der Waals surface area contributed by atoms with E-state index in [0.29, 0.717) is 5.56 Å². The molecule has 0 spiro atoms. The first-order chi connectivity index (χ1) is 7.00. The number of ether oxygens (including phenoxy) is 1. The Morgan fingerprint density at radius 2 is 1.87 bits per heavy atom. The Hall–Kier alpha value is -1.55. The molecule has 0 aromatic heterocycles. The van der Waals surface area contributed by atoms with E-state index >= 15 is 0 Å². The first kappa shape index (κ1) is 11.5. The average molecular weight is 209 g/mol. The molecule has 0 fully saturated rings. The maximum Gasteiger partial charge on any atom is 0.327 e. The molecule has 0 aliphatic carbocycles. The van der Waals surface area contributed by atoms with E-state index in [9.17, 15) is 4.79 Å². The van der Waals surface area contributed by atoms with Crippen LogP contribution < -0.4 is 5.73 Å². The molecule has 0 saturated carbocycles. The Bertz CT molecular complexity index is 332. The molecule has 0 radical (unpaired) electrons. The van der Waals surface area contributed by atoms with Gasteiger partial charge >= 0.3 is 5.97 Å². The first-order valence-corrected chi connectivity index (χ1v) is 4.75. The second-order valence-corrected chi connectivity index (χ2v) is 3.55. The van der Waals surface area contributed by atoms with Crippen molar-refractivity contribution in [2.24, 2.45) is 5.73 Å². The number of carbonyl (C=O) groups excluding carboxylic acids is 1. The highest BCUT2D eigenvalue weighted by Gasteiger charge is 2.18. The lowest BCUT2D eigenvalue weighted by Crippen LogP contribution is -2.25. The quantitative estimate of drug-likeness (QED) is 0.737. The van der Waals surface area contributed by atoms with Gasteiger partial charge in [-0.25, -0.2) is 4.79 Å². The summed E-state index contributed by atoms with van der Waals surface area (Å²) < 4.78 is 4.97. The van der Waals surface area contributed by atoms with Crippen LogP contribution in [0.15, 0.2) is 24.3 Å². The summed E-state index contributed by atoms with van der Waals surface area (Å²) in [6.07, 6.45) is -0.180. The molecule has 4 nitrogen and oxygen atoms in total. The Labute approximate surface area is 88.7 Å². The van der Waals surface area contributed by atoms with E-state index in [1.165, 1.54) is 12.1 Å². The van der Waals surface area contributed by atoms with Crippen LogP contribution in [0.5, 0.6) is 5.75 Å². The molecular weight excluding hydrogens is 194 g/mol. The largest absolute Gasteiger partial charge is 0.508 e. The lowest BCUT2D eigenvalue weighted by molar-refractivity contribution is -0.149. The fourth-order valence-electron chi connectivity index (χ4n) is 1.12. The predicted molar refractivity (Wildman–Crippen MR) is 56.3 cm³/mol. The first-order valence-electron chi connectivity index (χ1n) is 4.75. The Balaban J connectivity index is 2.71. The van der Waals surface area contributed by atoms with Gasteiger partial charge in [0.15, 0.2) is 0 Å². The topological polar surface area (TPSA) is 72.5 Å². The van der Waals surface area contributed by atoms with Crippen LogP contribution in [0.2, 0.25) is 0 Å². The maximum absolute atomic E-state index is 11.4. The van der Waals surface area contributed by atoms with Crippen LogP contribution in [0.25, 0.3) is 0 Å². The molecule has 0 heterocycles. The summed E-state index contributed by atoms with van der Waals surface area (Å²) >= 11 is 0. The predicted octanol–water partition coefficient (Wildman–Crippen LogP) is 1.34. The van der Waals surface area contributed by atoms with Crippen molar-refractivity contribution >= 4 is 5.97 Å². The number of phenolic OH excluding ortho intramolecular Hbond substituents is 1. The second kappa shape index (κ2) is 4.79. The van der Waals surface area contributed by atoms with Crippen LogP contribution in [-0.2, 0) is 9.53 Å². The van der Waals surface area contributed by atoms with Crippen molar-refractivity contribution < 1.29 is 14.6 Å². The van der Waals surface area contributed by atoms with Gasteiger partial charge in [0, 0.05) is 0 Å². The van der Waals surface area contributed by atoms with Gasteiger partial charge in [-0.2, -0.15) is 0 Å². The molecule has 0 aliphatic heterocycles. The van der Waals surface area contributed by atoms with E-state index < -0.39 is 12.0 Å². The molecule has 0 saturated heterocycles. The third-order valence-corrected chi connectivity index (χ3v) is 1.86. The van der Waals surface area contributed by atoms with Crippen LogP contribution in [-0.4, -0.2) is 17.2 Å². The normalized spacial score (nSPS) is 12.5. The zero-order valence-electron chi connectivity index (χ0n) is 8.81. The molecule has 0 amide bonds. The van der Waals surface area contributed by atoms with E-state index in [0.717, 1.165) is 0 Å². The molecule has 15 heavy (non-hydrogen) atoms. The number of esters is 1. The summed E-state index contributed by atoms with van der Waals surface area (Å²) in [4.78, 5) is 11.4. The monoisotopic (exact) mass is 209 g/mol. The summed E-state index contributed by atoms with van der Waals surface area (Å²) in [7, 11) is 0. The standard InChI is InChI=1S/C11H15NO3/c1-7(2)15-11(14)10(12)8-3-5-9(13)6-4-8/h3-7,10,13H,12H2,1-2H3. The lowest BCUT2D eigenvalue weighted by Gasteiger charge is -2.13. The van der Waals surface area contributed by atoms with Crippen molar-refractivity contribution in [2.45, 2.75) is 26.0 Å². The summed E-state index contributed by atoms with van der Waals surface area (Å²) in [5.74, 6) is -0.320. The molecule has 3 N–H and O–H groups in total. The van der Waals surface area contributed by atoms with Crippen LogP contribution in [0.1, 0.15) is 25.5 Å². The van der Waals surface area contributed by atoms with Gasteiger partial charge in [0.1, 0.15) is 11.8 Å². The Morgan fingerprint density at radius 3 is 2.33 bits per heavy atom. The molecule has 0 bridgehead atoms. The van der Waals surface area contributed by atoms with Gasteiger partial charge < -0.3 is 15.6 Å². The highest BCUT2D eigenvalue weighted by molar-refractivity contribution is 5.77. The van der Waals surface area contributed by atoms with E-state index in [2.05, 4.69) is 0 Å². The van der Waals surface area contributed by atoms with Crippen molar-refractivity contribution in [2.75, 3.05) is 0 Å². The molecule has 1 aromatic carbocycles. The number of carbonyl (C=O) groups is 1. The van der Waals surface area contributed by atoms with E-state index in [1.807, 2.05) is 0 Å². The maximum atomic E-state index is 11.4. The zero-order chi connectivity index (χ0) is 11.4. The van der Waals surface area contributed by atoms with E-state index in [-0.39, 0.29) is 11.9 Å². The third-order valence-electron chi connectivity index (χ3n) is 1.86. The fraction of sp³-hybridized carbons (Fsp3) is 0.364. The molecule has 1 atom stereocenters. The van der Waals surface area contributed by atoms with Gasteiger partial charge in [0.2, 0.25) is 0 Å². The van der Waals surface area contributed by atoms with Crippen LogP contribution >= 0.6 is 0 Å². The van der Waals surface area contributed by atoms with Crippen LogP contribution in [0, 0.1) is 0 Å². The van der Waals surface area contributed by atoms with Gasteiger partial charge in [-0.3, -0.25) is 0 Å². The molecule has 4 heteroatoms. The van der Waals surface area contributed by atoms with Crippen LogP contribution in [0.3, 0.4) is 0 Å². The van der Waals surface area contributed by atoms with Crippen molar-refractivity contribution in [1.82, 2.24) is 0 Å². The smallest absolute Gasteiger partial charge is 0.327 e. The van der Waals surface area contributed by atoms with Crippen molar-refractivity contribution in [3.63, 3.8) is 0 Å². The summed E-state index contributed by atoms with van der Waals surface area (Å²) in [6.45, 7) is 3.53. The van der Waals surface area contributed by atoms with E-state index in [4.69, 9.17) is 15.6 Å². The number of benzene rings is 1. The van der Waals surface area contributed by atoms with Crippen molar-refractivity contribution in [3.05, 3.63) is 29.8 Å². The van der Waals surface area contributed by atoms with Gasteiger partial charge in [0.05, 0.1) is 6.10 Å². The van der Waals surface area contributed by atoms with Gasteiger partial charge in [-0.1, -0.05) is 12.1 Å². The second-order valence-electron chi connectivity index (χ2n) is 3.55. The Morgan fingerprint density at radius 1 is 1.33 bits per heavy atom. The summed E-state index contributed by atoms with van der Waals surface area (Å²) in [5.41, 5.74) is 6.30. The van der Waals surface area contributed by atoms with Crippen molar-refractivity contribution in [3.8, 4) is 5.75 Å². The fourth-order valence-corrected chi connectivity index (χ4v) is 1.12. The molecule has 1 unspecified atom stereocenters. The number of rotatable bonds is 3. The minimum atomic E-state index is -0.798. The SMILES string of the molecule is CC(C)OC(=O)C(N)c1ccc(O)cc1. The molecule has 1 rings (SSSR count). The number of phenols is 1. The minimum Gasteiger partial charge on any atom is -0.508 e. The Kier molecular flexibility index (Phi) is 3.68. The molecule has 1 aromatic rings. The minimum absolute atomic E-state index is 0.142. The average Bonchev–Trinajstić information content (AvgIpc) is 2.17. The number of aromatic hydroxyl groups is 1. The lowest BCUT2D eigenvalue weighted by atomic mass is 10.1. The third kappa shape index (κ3) is 3.25. The van der Waals surface area contributed by atoms with Gasteiger partial charge in [-0.15, -0.1) is 0 Å². The molecule has 82 valence electrons. The van der Waals surface area contributed by atoms with Gasteiger partial charge in [0.25, 0.3) is 0 Å². The highest BCUT2D eigenvalue weighted by atomic mass is 16.5. The molecule has 0 aliphatic rings. The van der Waals surface area contributed by atoms with Crippen LogP contribution in [0.4, 0.5) is 0 Å². The highest BCUT2D eigenvalue weighted by Crippen LogP contribution is 2.16. The summed E-state index contributed by atoms with van der Waals surface area (Å²) in [5, 5.41) is 9.07. The summed E-state index contributed by atoms with van der Waals surface area (Å²) in [6, 6.07) is 5.37. The number of hydrogen-bond donors (Lipinski definition) is 2. The molecular formula is C11H15NO3.